The Morgan fingerprint density at radius 1 is 1.61 bits per heavy atom. The maximum atomic E-state index is 10.8. The summed E-state index contributed by atoms with van der Waals surface area (Å²) in [6, 6.07) is 0. The predicted octanol–water partition coefficient (Wildman–Crippen LogP) is 2.13. The van der Waals surface area contributed by atoms with Gasteiger partial charge in [0.2, 0.25) is 5.75 Å². The van der Waals surface area contributed by atoms with E-state index in [1.165, 1.54) is 12.4 Å². The van der Waals surface area contributed by atoms with Gasteiger partial charge in [0, 0.05) is 6.20 Å². The van der Waals surface area contributed by atoms with Crippen LogP contribution in [-0.4, -0.2) is 29.6 Å². The number of pyridine rings is 1. The monoisotopic (exact) mass is 315 g/mol. The summed E-state index contributed by atoms with van der Waals surface area (Å²) in [6.45, 7) is 2.53. The number of nitro groups is 1. The Bertz CT molecular complexity index is 436. The van der Waals surface area contributed by atoms with Gasteiger partial charge in [0.1, 0.15) is 6.20 Å². The van der Waals surface area contributed by atoms with E-state index in [1.807, 2.05) is 0 Å². The van der Waals surface area contributed by atoms with Crippen LogP contribution in [0.25, 0.3) is 0 Å². The molecule has 7 heteroatoms. The third-order valence-corrected chi connectivity index (χ3v) is 3.53. The maximum Gasteiger partial charge on any atom is 0.330 e. The molecule has 1 N–H and O–H groups in total. The van der Waals surface area contributed by atoms with E-state index in [4.69, 9.17) is 4.74 Å². The second-order valence-corrected chi connectivity index (χ2v) is 5.08. The Morgan fingerprint density at radius 2 is 2.44 bits per heavy atom. The molecular formula is C11H14BrN3O3. The van der Waals surface area contributed by atoms with Crippen LogP contribution in [0, 0.1) is 16.0 Å². The van der Waals surface area contributed by atoms with Gasteiger partial charge in [0.15, 0.2) is 0 Å². The lowest BCUT2D eigenvalue weighted by molar-refractivity contribution is -0.386. The molecule has 18 heavy (non-hydrogen) atoms. The molecule has 0 aromatic carbocycles. The Morgan fingerprint density at radius 3 is 3.11 bits per heavy atom. The molecule has 1 aromatic rings. The van der Waals surface area contributed by atoms with Gasteiger partial charge in [-0.2, -0.15) is 0 Å². The van der Waals surface area contributed by atoms with Crippen molar-refractivity contribution in [2.45, 2.75) is 12.8 Å². The zero-order chi connectivity index (χ0) is 13.0. The number of ether oxygens (including phenoxy) is 1. The van der Waals surface area contributed by atoms with E-state index in [2.05, 4.69) is 26.2 Å². The minimum Gasteiger partial charge on any atom is -0.486 e. The van der Waals surface area contributed by atoms with Crippen LogP contribution in [0.1, 0.15) is 12.8 Å². The maximum absolute atomic E-state index is 10.8. The molecule has 1 aliphatic rings. The first-order chi connectivity index (χ1) is 8.68. The molecule has 0 saturated carbocycles. The highest BCUT2D eigenvalue weighted by atomic mass is 79.9. The summed E-state index contributed by atoms with van der Waals surface area (Å²) in [6.07, 6.45) is 4.75. The fraction of sp³-hybridized carbons (Fsp3) is 0.545. The largest absolute Gasteiger partial charge is 0.486 e. The zero-order valence-electron chi connectivity index (χ0n) is 9.76. The van der Waals surface area contributed by atoms with Crippen molar-refractivity contribution in [1.82, 2.24) is 10.3 Å². The van der Waals surface area contributed by atoms with Crippen LogP contribution in [0.3, 0.4) is 0 Å². The average Bonchev–Trinajstić information content (AvgIpc) is 2.84. The summed E-state index contributed by atoms with van der Waals surface area (Å²) in [5.41, 5.74) is -0.103. The first-order valence-electron chi connectivity index (χ1n) is 5.80. The number of halogens is 1. The van der Waals surface area contributed by atoms with Gasteiger partial charge >= 0.3 is 5.69 Å². The van der Waals surface area contributed by atoms with E-state index in [0.717, 1.165) is 25.9 Å². The second-order valence-electron chi connectivity index (χ2n) is 4.22. The Kier molecular flexibility index (Phi) is 4.48. The van der Waals surface area contributed by atoms with Crippen molar-refractivity contribution in [2.75, 3.05) is 19.7 Å². The topological polar surface area (TPSA) is 77.3 Å². The molecule has 0 radical (unpaired) electrons. The molecular weight excluding hydrogens is 302 g/mol. The number of nitrogens with zero attached hydrogens (tertiary/aromatic N) is 2. The van der Waals surface area contributed by atoms with E-state index in [-0.39, 0.29) is 11.4 Å². The second kappa shape index (κ2) is 6.10. The minimum absolute atomic E-state index is 0.103. The van der Waals surface area contributed by atoms with Crippen molar-refractivity contribution < 1.29 is 9.66 Å². The van der Waals surface area contributed by atoms with E-state index in [9.17, 15) is 10.1 Å². The number of hydrogen-bond donors (Lipinski definition) is 1. The molecule has 1 aliphatic heterocycles. The van der Waals surface area contributed by atoms with Crippen molar-refractivity contribution in [1.29, 1.82) is 0 Å². The smallest absolute Gasteiger partial charge is 0.330 e. The fourth-order valence-corrected chi connectivity index (χ4v) is 2.41. The van der Waals surface area contributed by atoms with Crippen molar-refractivity contribution >= 4 is 21.6 Å². The van der Waals surface area contributed by atoms with Gasteiger partial charge in [0.25, 0.3) is 0 Å². The van der Waals surface area contributed by atoms with Crippen molar-refractivity contribution in [3.8, 4) is 5.75 Å². The summed E-state index contributed by atoms with van der Waals surface area (Å²) in [5, 5.41) is 14.1. The molecule has 98 valence electrons. The van der Waals surface area contributed by atoms with Crippen molar-refractivity contribution in [2.24, 2.45) is 5.92 Å². The Labute approximate surface area is 113 Å². The SMILES string of the molecule is O=[N+]([O-])c1cncc(Br)c1OCCC1CCNC1. The van der Waals surface area contributed by atoms with E-state index < -0.39 is 4.92 Å². The third kappa shape index (κ3) is 3.17. The van der Waals surface area contributed by atoms with Crippen LogP contribution >= 0.6 is 15.9 Å². The average molecular weight is 316 g/mol. The van der Waals surface area contributed by atoms with Gasteiger partial charge in [-0.05, 0) is 47.8 Å². The minimum atomic E-state index is -0.482. The Balaban J connectivity index is 1.97. The molecule has 6 nitrogen and oxygen atoms in total. The third-order valence-electron chi connectivity index (χ3n) is 2.97. The van der Waals surface area contributed by atoms with E-state index in [1.54, 1.807) is 0 Å². The highest BCUT2D eigenvalue weighted by molar-refractivity contribution is 9.10. The van der Waals surface area contributed by atoms with Gasteiger partial charge in [-0.15, -0.1) is 0 Å². The highest BCUT2D eigenvalue weighted by Crippen LogP contribution is 2.33. The standard InChI is InChI=1S/C11H14BrN3O3/c12-9-6-14-7-10(15(16)17)11(9)18-4-2-8-1-3-13-5-8/h6-8,13H,1-5H2. The lowest BCUT2D eigenvalue weighted by atomic mass is 10.1. The van der Waals surface area contributed by atoms with Crippen LogP contribution in [0.15, 0.2) is 16.9 Å². The molecule has 1 atom stereocenters. The summed E-state index contributed by atoms with van der Waals surface area (Å²) in [4.78, 5) is 14.1. The van der Waals surface area contributed by atoms with Crippen LogP contribution in [-0.2, 0) is 0 Å². The normalized spacial score (nSPS) is 18.8. The summed E-state index contributed by atoms with van der Waals surface area (Å²) < 4.78 is 6.05. The van der Waals surface area contributed by atoms with E-state index in [0.29, 0.717) is 17.0 Å². The van der Waals surface area contributed by atoms with Crippen LogP contribution < -0.4 is 10.1 Å². The summed E-state index contributed by atoms with van der Waals surface area (Å²) in [7, 11) is 0. The Hall–Kier alpha value is -1.21. The molecule has 0 spiro atoms. The van der Waals surface area contributed by atoms with Gasteiger partial charge in [0.05, 0.1) is 16.0 Å². The molecule has 1 fully saturated rings. The van der Waals surface area contributed by atoms with Gasteiger partial charge in [-0.1, -0.05) is 0 Å². The van der Waals surface area contributed by atoms with Gasteiger partial charge in [-0.25, -0.2) is 0 Å². The number of hydrogen-bond acceptors (Lipinski definition) is 5. The number of nitrogens with one attached hydrogen (secondary N) is 1. The van der Waals surface area contributed by atoms with Crippen LogP contribution in [0.5, 0.6) is 5.75 Å². The van der Waals surface area contributed by atoms with Gasteiger partial charge < -0.3 is 10.1 Å². The molecule has 0 aliphatic carbocycles. The molecule has 1 saturated heterocycles. The van der Waals surface area contributed by atoms with Crippen molar-refractivity contribution in [3.63, 3.8) is 0 Å². The molecule has 1 unspecified atom stereocenters. The molecule has 0 bridgehead atoms. The summed E-state index contributed by atoms with van der Waals surface area (Å²) >= 11 is 3.22. The van der Waals surface area contributed by atoms with Crippen LogP contribution in [0.4, 0.5) is 5.69 Å². The molecule has 2 heterocycles. The first kappa shape index (κ1) is 13.2. The van der Waals surface area contributed by atoms with E-state index >= 15 is 0 Å². The summed E-state index contributed by atoms with van der Waals surface area (Å²) in [5.74, 6) is 0.866. The molecule has 1 aromatic heterocycles. The molecule has 2 rings (SSSR count). The molecule has 0 amide bonds. The lowest BCUT2D eigenvalue weighted by Crippen LogP contribution is -2.12. The first-order valence-corrected chi connectivity index (χ1v) is 6.59. The van der Waals surface area contributed by atoms with Crippen LogP contribution in [0.2, 0.25) is 0 Å². The highest BCUT2D eigenvalue weighted by Gasteiger charge is 2.20. The number of aromatic nitrogens is 1. The lowest BCUT2D eigenvalue weighted by Gasteiger charge is -2.11. The number of rotatable bonds is 5. The van der Waals surface area contributed by atoms with Crippen molar-refractivity contribution in [3.05, 3.63) is 27.0 Å². The zero-order valence-corrected chi connectivity index (χ0v) is 11.4. The van der Waals surface area contributed by atoms with Gasteiger partial charge in [-0.3, -0.25) is 15.1 Å². The quantitative estimate of drug-likeness (QED) is 0.665. The fourth-order valence-electron chi connectivity index (χ4n) is 1.97. The predicted molar refractivity (Wildman–Crippen MR) is 69.7 cm³/mol.